The van der Waals surface area contributed by atoms with Crippen molar-refractivity contribution in [3.05, 3.63) is 35.5 Å². The van der Waals surface area contributed by atoms with Gasteiger partial charge >= 0.3 is 5.97 Å². The molecule has 3 rings (SSSR count). The second-order valence-electron chi connectivity index (χ2n) is 6.20. The lowest BCUT2D eigenvalue weighted by Crippen LogP contribution is -2.45. The quantitative estimate of drug-likeness (QED) is 0.808. The molecule has 2 heterocycles. The minimum atomic E-state index is -0.289. The van der Waals surface area contributed by atoms with Crippen LogP contribution >= 0.6 is 0 Å². The maximum absolute atomic E-state index is 12.5. The van der Waals surface area contributed by atoms with Gasteiger partial charge in [0.2, 0.25) is 0 Å². The highest BCUT2D eigenvalue weighted by molar-refractivity contribution is 6.06. The van der Waals surface area contributed by atoms with Gasteiger partial charge in [0.05, 0.1) is 17.8 Å². The first kappa shape index (κ1) is 16.7. The van der Waals surface area contributed by atoms with Gasteiger partial charge in [-0.2, -0.15) is 0 Å². The van der Waals surface area contributed by atoms with Crippen molar-refractivity contribution in [1.29, 1.82) is 0 Å². The summed E-state index contributed by atoms with van der Waals surface area (Å²) < 4.78 is 5.27. The number of aromatic nitrogens is 1. The number of esters is 1. The van der Waals surface area contributed by atoms with Crippen molar-refractivity contribution in [2.24, 2.45) is 0 Å². The zero-order chi connectivity index (χ0) is 17.1. The largest absolute Gasteiger partial charge is 0.462 e. The Morgan fingerprint density at radius 2 is 1.96 bits per heavy atom. The van der Waals surface area contributed by atoms with Crippen molar-refractivity contribution in [3.63, 3.8) is 0 Å². The van der Waals surface area contributed by atoms with Gasteiger partial charge in [-0.15, -0.1) is 0 Å². The second kappa shape index (κ2) is 7.18. The molecule has 0 saturated carbocycles. The van der Waals surface area contributed by atoms with E-state index in [1.807, 2.05) is 6.92 Å². The third-order valence-electron chi connectivity index (χ3n) is 4.65. The summed E-state index contributed by atoms with van der Waals surface area (Å²) in [5, 5.41) is 1.05. The number of fused-ring (bicyclic) bond motifs is 1. The minimum absolute atomic E-state index is 0.289. The van der Waals surface area contributed by atoms with Crippen LogP contribution in [-0.4, -0.2) is 55.7 Å². The van der Waals surface area contributed by atoms with Crippen LogP contribution in [0.5, 0.6) is 0 Å². The third-order valence-corrected chi connectivity index (χ3v) is 4.65. The summed E-state index contributed by atoms with van der Waals surface area (Å²) in [6.07, 6.45) is 2.61. The summed E-state index contributed by atoms with van der Waals surface area (Å²) in [4.78, 5) is 21.7. The number of rotatable bonds is 4. The smallest absolute Gasteiger partial charge is 0.341 e. The average molecular weight is 327 g/mol. The van der Waals surface area contributed by atoms with Crippen molar-refractivity contribution in [3.8, 4) is 0 Å². The number of para-hydroxylation sites is 1. The SMILES string of the molecule is CCOC(=O)c1cnc2c(CC)cccc2c1N1CCN(C)CC1. The number of anilines is 1. The Labute approximate surface area is 143 Å². The van der Waals surface area contributed by atoms with Crippen LogP contribution in [0.15, 0.2) is 24.4 Å². The summed E-state index contributed by atoms with van der Waals surface area (Å²) in [6, 6.07) is 6.22. The van der Waals surface area contributed by atoms with E-state index in [1.54, 1.807) is 6.20 Å². The molecule has 5 nitrogen and oxygen atoms in total. The lowest BCUT2D eigenvalue weighted by atomic mass is 10.0. The lowest BCUT2D eigenvalue weighted by molar-refractivity contribution is 0.0526. The number of piperazine rings is 1. The van der Waals surface area contributed by atoms with Crippen molar-refractivity contribution in [2.45, 2.75) is 20.3 Å². The Balaban J connectivity index is 2.16. The highest BCUT2D eigenvalue weighted by Gasteiger charge is 2.24. The van der Waals surface area contributed by atoms with Crippen molar-refractivity contribution in [1.82, 2.24) is 9.88 Å². The number of carbonyl (C=O) groups is 1. The summed E-state index contributed by atoms with van der Waals surface area (Å²) in [5.74, 6) is -0.289. The number of carbonyl (C=O) groups excluding carboxylic acids is 1. The molecule has 0 aliphatic carbocycles. The molecule has 0 bridgehead atoms. The highest BCUT2D eigenvalue weighted by Crippen LogP contribution is 2.32. The number of pyridine rings is 1. The van der Waals surface area contributed by atoms with Crippen LogP contribution in [0.25, 0.3) is 10.9 Å². The third kappa shape index (κ3) is 3.08. The monoisotopic (exact) mass is 327 g/mol. The van der Waals surface area contributed by atoms with Gasteiger partial charge in [0, 0.05) is 37.8 Å². The zero-order valence-electron chi connectivity index (χ0n) is 14.7. The fourth-order valence-corrected chi connectivity index (χ4v) is 3.28. The van der Waals surface area contributed by atoms with Gasteiger partial charge < -0.3 is 14.5 Å². The molecule has 1 aliphatic heterocycles. The van der Waals surface area contributed by atoms with E-state index >= 15 is 0 Å². The van der Waals surface area contributed by atoms with E-state index in [-0.39, 0.29) is 5.97 Å². The van der Waals surface area contributed by atoms with Gasteiger partial charge in [-0.3, -0.25) is 4.98 Å². The topological polar surface area (TPSA) is 45.7 Å². The first-order chi connectivity index (χ1) is 11.7. The minimum Gasteiger partial charge on any atom is -0.462 e. The molecule has 0 spiro atoms. The highest BCUT2D eigenvalue weighted by atomic mass is 16.5. The predicted molar refractivity (Wildman–Crippen MR) is 96.8 cm³/mol. The van der Waals surface area contributed by atoms with E-state index in [0.717, 1.165) is 49.2 Å². The number of ether oxygens (including phenoxy) is 1. The molecule has 0 radical (unpaired) electrons. The molecule has 1 aromatic carbocycles. The Hall–Kier alpha value is -2.14. The van der Waals surface area contributed by atoms with Crippen molar-refractivity contribution >= 4 is 22.6 Å². The van der Waals surface area contributed by atoms with E-state index in [4.69, 9.17) is 4.74 Å². The number of hydrogen-bond donors (Lipinski definition) is 0. The van der Waals surface area contributed by atoms with E-state index in [2.05, 4.69) is 47.0 Å². The molecular weight excluding hydrogens is 302 g/mol. The molecule has 1 saturated heterocycles. The Morgan fingerprint density at radius 3 is 2.62 bits per heavy atom. The van der Waals surface area contributed by atoms with Crippen LogP contribution in [0.1, 0.15) is 29.8 Å². The van der Waals surface area contributed by atoms with Gasteiger partial charge in [0.1, 0.15) is 5.56 Å². The maximum Gasteiger partial charge on any atom is 0.341 e. The first-order valence-electron chi connectivity index (χ1n) is 8.66. The van der Waals surface area contributed by atoms with E-state index in [0.29, 0.717) is 12.2 Å². The van der Waals surface area contributed by atoms with Crippen LogP contribution in [0, 0.1) is 0 Å². The number of benzene rings is 1. The van der Waals surface area contributed by atoms with Crippen LogP contribution in [0.3, 0.4) is 0 Å². The molecular formula is C19H25N3O2. The molecule has 1 fully saturated rings. The van der Waals surface area contributed by atoms with Crippen molar-refractivity contribution in [2.75, 3.05) is 44.7 Å². The Kier molecular flexibility index (Phi) is 5.00. The van der Waals surface area contributed by atoms with Gasteiger partial charge in [-0.25, -0.2) is 4.79 Å². The van der Waals surface area contributed by atoms with Gasteiger partial charge in [0.15, 0.2) is 0 Å². The standard InChI is InChI=1S/C19H25N3O2/c1-4-14-7-6-8-15-17(14)20-13-16(19(23)24-5-2)18(15)22-11-9-21(3)10-12-22/h6-8,13H,4-5,9-12H2,1-3H3. The molecule has 1 aliphatic rings. The molecule has 0 unspecified atom stereocenters. The molecule has 1 aromatic heterocycles. The fourth-order valence-electron chi connectivity index (χ4n) is 3.28. The molecule has 0 atom stereocenters. The summed E-state index contributed by atoms with van der Waals surface area (Å²) >= 11 is 0. The summed E-state index contributed by atoms with van der Waals surface area (Å²) in [5.41, 5.74) is 3.74. The normalized spacial score (nSPS) is 15.7. The van der Waals surface area contributed by atoms with Crippen LogP contribution in [0.2, 0.25) is 0 Å². The first-order valence-corrected chi connectivity index (χ1v) is 8.66. The molecule has 0 amide bonds. The van der Waals surface area contributed by atoms with Gasteiger partial charge in [0.25, 0.3) is 0 Å². The van der Waals surface area contributed by atoms with E-state index in [9.17, 15) is 4.79 Å². The second-order valence-corrected chi connectivity index (χ2v) is 6.20. The molecule has 24 heavy (non-hydrogen) atoms. The zero-order valence-corrected chi connectivity index (χ0v) is 14.7. The molecule has 128 valence electrons. The fraction of sp³-hybridized carbons (Fsp3) is 0.474. The van der Waals surface area contributed by atoms with Crippen LogP contribution in [-0.2, 0) is 11.2 Å². The molecule has 5 heteroatoms. The molecule has 0 N–H and O–H groups in total. The predicted octanol–water partition coefficient (Wildman–Crippen LogP) is 2.73. The Bertz CT molecular complexity index is 737. The number of aryl methyl sites for hydroxylation is 1. The van der Waals surface area contributed by atoms with Gasteiger partial charge in [-0.05, 0) is 26.0 Å². The van der Waals surface area contributed by atoms with Crippen molar-refractivity contribution < 1.29 is 9.53 Å². The number of hydrogen-bond acceptors (Lipinski definition) is 5. The molecule has 2 aromatic rings. The van der Waals surface area contributed by atoms with Crippen LogP contribution in [0.4, 0.5) is 5.69 Å². The van der Waals surface area contributed by atoms with Crippen LogP contribution < -0.4 is 4.90 Å². The summed E-state index contributed by atoms with van der Waals surface area (Å²) in [6.45, 7) is 8.10. The lowest BCUT2D eigenvalue weighted by Gasteiger charge is -2.35. The summed E-state index contributed by atoms with van der Waals surface area (Å²) in [7, 11) is 2.13. The number of likely N-dealkylation sites (N-methyl/N-ethyl adjacent to an activating group) is 1. The maximum atomic E-state index is 12.5. The Morgan fingerprint density at radius 1 is 1.21 bits per heavy atom. The number of nitrogens with zero attached hydrogens (tertiary/aromatic N) is 3. The van der Waals surface area contributed by atoms with E-state index in [1.165, 1.54) is 5.56 Å². The average Bonchev–Trinajstić information content (AvgIpc) is 2.61. The van der Waals surface area contributed by atoms with E-state index < -0.39 is 0 Å². The van der Waals surface area contributed by atoms with Gasteiger partial charge in [-0.1, -0.05) is 25.1 Å².